The van der Waals surface area contributed by atoms with Crippen molar-refractivity contribution < 1.29 is 18.0 Å². The van der Waals surface area contributed by atoms with E-state index in [9.17, 15) is 18.0 Å². The van der Waals surface area contributed by atoms with Crippen molar-refractivity contribution in [2.75, 3.05) is 0 Å². The van der Waals surface area contributed by atoms with Crippen molar-refractivity contribution in [3.05, 3.63) is 34.9 Å². The minimum Gasteiger partial charge on any atom is -0.349 e. The van der Waals surface area contributed by atoms with E-state index in [0.717, 1.165) is 23.6 Å². The fourth-order valence-electron chi connectivity index (χ4n) is 2.94. The maximum atomic E-state index is 12.6. The van der Waals surface area contributed by atoms with Gasteiger partial charge in [-0.15, -0.1) is 0 Å². The van der Waals surface area contributed by atoms with Crippen molar-refractivity contribution in [2.24, 2.45) is 5.92 Å². The molecule has 1 N–H and O–H groups in total. The van der Waals surface area contributed by atoms with Crippen LogP contribution in [0.2, 0.25) is 0 Å². The molecule has 0 unspecified atom stereocenters. The first-order valence-electron chi connectivity index (χ1n) is 5.94. The van der Waals surface area contributed by atoms with Crippen LogP contribution in [0.4, 0.5) is 13.2 Å². The van der Waals surface area contributed by atoms with E-state index in [-0.39, 0.29) is 17.9 Å². The van der Waals surface area contributed by atoms with Crippen molar-refractivity contribution in [3.8, 4) is 0 Å². The second kappa shape index (κ2) is 3.73. The molecule has 96 valence electrons. The number of benzene rings is 1. The smallest absolute Gasteiger partial charge is 0.349 e. The zero-order valence-corrected chi connectivity index (χ0v) is 9.55. The number of amides is 1. The number of carbonyl (C=O) groups is 1. The molecule has 2 atom stereocenters. The summed E-state index contributed by atoms with van der Waals surface area (Å²) in [4.78, 5) is 11.4. The monoisotopic (exact) mass is 255 g/mol. The van der Waals surface area contributed by atoms with Gasteiger partial charge in [-0.05, 0) is 42.0 Å². The molecule has 1 aliphatic heterocycles. The molecule has 1 aromatic carbocycles. The van der Waals surface area contributed by atoms with Gasteiger partial charge in [-0.25, -0.2) is 0 Å². The highest BCUT2D eigenvalue weighted by atomic mass is 19.4. The lowest BCUT2D eigenvalue weighted by atomic mass is 9.91. The molecule has 5 heteroatoms. The Balaban J connectivity index is 1.97. The zero-order chi connectivity index (χ0) is 12.9. The molecule has 1 amide bonds. The van der Waals surface area contributed by atoms with E-state index < -0.39 is 11.7 Å². The third-order valence-electron chi connectivity index (χ3n) is 3.82. The van der Waals surface area contributed by atoms with Gasteiger partial charge in [0, 0.05) is 6.42 Å². The van der Waals surface area contributed by atoms with Crippen LogP contribution in [0.3, 0.4) is 0 Å². The summed E-state index contributed by atoms with van der Waals surface area (Å²) in [6.45, 7) is 0. The maximum absolute atomic E-state index is 12.6. The fourth-order valence-corrected chi connectivity index (χ4v) is 2.94. The van der Waals surface area contributed by atoms with Gasteiger partial charge in [-0.1, -0.05) is 6.07 Å². The Morgan fingerprint density at radius 1 is 1.28 bits per heavy atom. The standard InChI is InChI=1S/C13H12F3NO/c14-13(15,16)9-2-3-10-8(6-9)5-7-1-4-11(18)17-12(7)10/h2-3,6-7,12H,1,4-5H2,(H,17,18)/t7-,12-/m1/s1. The first kappa shape index (κ1) is 11.6. The van der Waals surface area contributed by atoms with E-state index in [1.165, 1.54) is 12.1 Å². The summed E-state index contributed by atoms with van der Waals surface area (Å²) in [7, 11) is 0. The first-order chi connectivity index (χ1) is 8.45. The van der Waals surface area contributed by atoms with Crippen molar-refractivity contribution >= 4 is 5.91 Å². The molecule has 1 fully saturated rings. The van der Waals surface area contributed by atoms with E-state index in [1.807, 2.05) is 0 Å². The Bertz CT molecular complexity index is 509. The fraction of sp³-hybridized carbons (Fsp3) is 0.462. The number of fused-ring (bicyclic) bond motifs is 3. The van der Waals surface area contributed by atoms with Crippen LogP contribution in [0.15, 0.2) is 18.2 Å². The maximum Gasteiger partial charge on any atom is 0.416 e. The average molecular weight is 255 g/mol. The van der Waals surface area contributed by atoms with E-state index in [2.05, 4.69) is 5.32 Å². The van der Waals surface area contributed by atoms with Gasteiger partial charge in [-0.2, -0.15) is 13.2 Å². The normalized spacial score (nSPS) is 26.5. The van der Waals surface area contributed by atoms with E-state index >= 15 is 0 Å². The van der Waals surface area contributed by atoms with Gasteiger partial charge < -0.3 is 5.32 Å². The summed E-state index contributed by atoms with van der Waals surface area (Å²) in [6, 6.07) is 3.74. The molecule has 1 aromatic rings. The molecule has 1 heterocycles. The van der Waals surface area contributed by atoms with Crippen LogP contribution in [0.25, 0.3) is 0 Å². The lowest BCUT2D eigenvalue weighted by Crippen LogP contribution is -2.36. The lowest BCUT2D eigenvalue weighted by Gasteiger charge is -2.26. The Labute approximate surface area is 102 Å². The molecule has 0 radical (unpaired) electrons. The molecule has 3 rings (SSSR count). The molecule has 1 aliphatic carbocycles. The van der Waals surface area contributed by atoms with E-state index in [1.54, 1.807) is 0 Å². The van der Waals surface area contributed by atoms with Gasteiger partial charge in [0.25, 0.3) is 0 Å². The summed E-state index contributed by atoms with van der Waals surface area (Å²) in [6.07, 6.45) is -2.44. The summed E-state index contributed by atoms with van der Waals surface area (Å²) in [5.41, 5.74) is 0.967. The minimum absolute atomic E-state index is 0.0102. The van der Waals surface area contributed by atoms with E-state index in [0.29, 0.717) is 12.8 Å². The molecule has 1 saturated heterocycles. The topological polar surface area (TPSA) is 29.1 Å². The zero-order valence-electron chi connectivity index (χ0n) is 9.55. The number of carbonyl (C=O) groups excluding carboxylic acids is 1. The van der Waals surface area contributed by atoms with Crippen LogP contribution in [-0.4, -0.2) is 5.91 Å². The Hall–Kier alpha value is -1.52. The van der Waals surface area contributed by atoms with Crippen LogP contribution in [-0.2, 0) is 17.4 Å². The second-order valence-corrected chi connectivity index (χ2v) is 4.96. The van der Waals surface area contributed by atoms with Gasteiger partial charge in [0.1, 0.15) is 0 Å². The molecular formula is C13H12F3NO. The summed E-state index contributed by atoms with van der Waals surface area (Å²) in [5.74, 6) is 0.241. The van der Waals surface area contributed by atoms with Gasteiger partial charge in [0.05, 0.1) is 11.6 Å². The average Bonchev–Trinajstić information content (AvgIpc) is 2.65. The second-order valence-electron chi connectivity index (χ2n) is 4.96. The van der Waals surface area contributed by atoms with Crippen LogP contribution in [0, 0.1) is 5.92 Å². The van der Waals surface area contributed by atoms with Gasteiger partial charge >= 0.3 is 6.18 Å². The lowest BCUT2D eigenvalue weighted by molar-refractivity contribution is -0.137. The van der Waals surface area contributed by atoms with Crippen molar-refractivity contribution in [3.63, 3.8) is 0 Å². The number of nitrogens with one attached hydrogen (secondary N) is 1. The number of alkyl halides is 3. The predicted molar refractivity (Wildman–Crippen MR) is 58.8 cm³/mol. The van der Waals surface area contributed by atoms with Crippen LogP contribution < -0.4 is 5.32 Å². The highest BCUT2D eigenvalue weighted by Crippen LogP contribution is 2.42. The SMILES string of the molecule is O=C1CC[C@@H]2Cc3cc(C(F)(F)F)ccc3[C@@H]2N1. The van der Waals surface area contributed by atoms with Gasteiger partial charge in [0.15, 0.2) is 0 Å². The number of hydrogen-bond donors (Lipinski definition) is 1. The van der Waals surface area contributed by atoms with E-state index in [4.69, 9.17) is 0 Å². The quantitative estimate of drug-likeness (QED) is 0.758. The van der Waals surface area contributed by atoms with Crippen molar-refractivity contribution in [2.45, 2.75) is 31.5 Å². The molecule has 2 aliphatic rings. The number of piperidine rings is 1. The Kier molecular flexibility index (Phi) is 2.40. The number of hydrogen-bond acceptors (Lipinski definition) is 1. The van der Waals surface area contributed by atoms with Crippen LogP contribution in [0.1, 0.15) is 35.6 Å². The Morgan fingerprint density at radius 2 is 2.06 bits per heavy atom. The third-order valence-corrected chi connectivity index (χ3v) is 3.82. The highest BCUT2D eigenvalue weighted by Gasteiger charge is 2.38. The summed E-state index contributed by atoms with van der Waals surface area (Å²) >= 11 is 0. The molecule has 2 nitrogen and oxygen atoms in total. The van der Waals surface area contributed by atoms with Crippen molar-refractivity contribution in [1.29, 1.82) is 0 Å². The van der Waals surface area contributed by atoms with Gasteiger partial charge in [0.2, 0.25) is 5.91 Å². The van der Waals surface area contributed by atoms with Gasteiger partial charge in [-0.3, -0.25) is 4.79 Å². The largest absolute Gasteiger partial charge is 0.416 e. The van der Waals surface area contributed by atoms with Crippen molar-refractivity contribution in [1.82, 2.24) is 5.32 Å². The van der Waals surface area contributed by atoms with Crippen LogP contribution >= 0.6 is 0 Å². The number of halogens is 3. The molecular weight excluding hydrogens is 243 g/mol. The summed E-state index contributed by atoms with van der Waals surface area (Å²) < 4.78 is 37.9. The molecule has 0 bridgehead atoms. The molecule has 0 saturated carbocycles. The van der Waals surface area contributed by atoms with Crippen LogP contribution in [0.5, 0.6) is 0 Å². The third kappa shape index (κ3) is 1.78. The Morgan fingerprint density at radius 3 is 2.78 bits per heavy atom. The minimum atomic E-state index is -4.30. The molecule has 0 aromatic heterocycles. The number of rotatable bonds is 0. The first-order valence-corrected chi connectivity index (χ1v) is 5.94. The highest BCUT2D eigenvalue weighted by molar-refractivity contribution is 5.77. The predicted octanol–water partition coefficient (Wildman–Crippen LogP) is 2.83. The summed E-state index contributed by atoms with van der Waals surface area (Å²) in [5, 5.41) is 2.87. The molecule has 0 spiro atoms. The molecule has 18 heavy (non-hydrogen) atoms.